The highest BCUT2D eigenvalue weighted by Crippen LogP contribution is 2.60. The molecular weight excluding hydrogens is 681 g/mol. The summed E-state index contributed by atoms with van der Waals surface area (Å²) in [6.07, 6.45) is -1.42. The number of pyridine rings is 1. The Bertz CT molecular complexity index is 2270. The van der Waals surface area contributed by atoms with E-state index < -0.39 is 76.6 Å². The van der Waals surface area contributed by atoms with Crippen LogP contribution in [0.1, 0.15) is 59.7 Å². The summed E-state index contributed by atoms with van der Waals surface area (Å²) in [4.78, 5) is 18.4. The fourth-order valence-electron chi connectivity index (χ4n) is 6.59. The molecule has 3 atom stereocenters. The van der Waals surface area contributed by atoms with Gasteiger partial charge in [-0.05, 0) is 67.6 Å². The minimum atomic E-state index is -5.07. The van der Waals surface area contributed by atoms with E-state index in [4.69, 9.17) is 0 Å². The first kappa shape index (κ1) is 34.0. The number of amides is 1. The fourth-order valence-corrected chi connectivity index (χ4v) is 6.59. The van der Waals surface area contributed by atoms with Gasteiger partial charge in [-0.3, -0.25) is 14.6 Å². The average molecular weight is 709 g/mol. The summed E-state index contributed by atoms with van der Waals surface area (Å²) in [6, 6.07) is 9.94. The number of benzene rings is 2. The van der Waals surface area contributed by atoms with Gasteiger partial charge in [0.15, 0.2) is 5.69 Å². The Labute approximate surface area is 285 Å². The number of H-pyrrole nitrogens is 1. The number of nitrogens with zero attached hydrogens (tertiary/aromatic N) is 4. The Morgan fingerprint density at radius 3 is 2.49 bits per heavy atom. The van der Waals surface area contributed by atoms with Gasteiger partial charge < -0.3 is 10.4 Å². The molecule has 3 aromatic heterocycles. The first-order valence-electron chi connectivity index (χ1n) is 15.7. The molecule has 0 aliphatic heterocycles. The van der Waals surface area contributed by atoms with Gasteiger partial charge in [0.2, 0.25) is 5.91 Å². The molecule has 0 fully saturated rings. The Morgan fingerprint density at radius 1 is 1.08 bits per heavy atom. The van der Waals surface area contributed by atoms with Crippen molar-refractivity contribution in [2.75, 3.05) is 0 Å². The molecule has 3 N–H and O–H groups in total. The topological polar surface area (TPSA) is 109 Å². The van der Waals surface area contributed by atoms with Crippen molar-refractivity contribution >= 4 is 16.8 Å². The van der Waals surface area contributed by atoms with E-state index in [1.54, 1.807) is 36.5 Å². The SMILES string of the molecule is CC(C)(O)C#Cc1ccc(-c2cccc3[nH]ncc23)c([C@H](Cc2cc(F)cc(F)c2)NC(=O)Cn2nc(C(F)(F)F)c3c2C(F)(F)C2C=C[C@H]32)n1. The maximum atomic E-state index is 15.4. The second-order valence-corrected chi connectivity index (χ2v) is 13.0. The first-order chi connectivity index (χ1) is 24.0. The summed E-state index contributed by atoms with van der Waals surface area (Å²) in [5.41, 5.74) is -2.58. The number of hydrogen-bond donors (Lipinski definition) is 3. The van der Waals surface area contributed by atoms with Gasteiger partial charge in [0, 0.05) is 28.5 Å². The Balaban J connectivity index is 1.34. The lowest BCUT2D eigenvalue weighted by molar-refractivity contribution is -0.142. The molecule has 0 spiro atoms. The maximum absolute atomic E-state index is 15.4. The molecule has 1 unspecified atom stereocenters. The molecule has 2 aromatic carbocycles. The van der Waals surface area contributed by atoms with Crippen LogP contribution in [-0.2, 0) is 29.9 Å². The summed E-state index contributed by atoms with van der Waals surface area (Å²) in [5, 5.41) is 23.9. The third kappa shape index (κ3) is 6.35. The molecule has 8 nitrogen and oxygen atoms in total. The van der Waals surface area contributed by atoms with Crippen molar-refractivity contribution in [2.45, 2.75) is 56.5 Å². The predicted molar refractivity (Wildman–Crippen MR) is 170 cm³/mol. The normalized spacial score (nSPS) is 18.1. The number of alkyl halides is 5. The summed E-state index contributed by atoms with van der Waals surface area (Å²) in [7, 11) is 0. The highest BCUT2D eigenvalue weighted by molar-refractivity contribution is 5.95. The number of rotatable bonds is 7. The van der Waals surface area contributed by atoms with Crippen LogP contribution < -0.4 is 5.32 Å². The minimum Gasteiger partial charge on any atom is -0.378 e. The number of aliphatic hydroxyl groups is 1. The van der Waals surface area contributed by atoms with Crippen LogP contribution in [0.2, 0.25) is 0 Å². The van der Waals surface area contributed by atoms with Crippen LogP contribution in [0.25, 0.3) is 22.0 Å². The lowest BCUT2D eigenvalue weighted by atomic mass is 9.81. The number of hydrogen-bond acceptors (Lipinski definition) is 5. The average Bonchev–Trinajstić information content (AvgIpc) is 3.67. The molecule has 262 valence electrons. The largest absolute Gasteiger partial charge is 0.435 e. The standard InChI is InChI=1S/C36H27F7N6O2/c1-34(2,51)11-10-21-6-7-23(22-4-3-5-27-25(22)16-44-47-27)31(45-21)28(14-18-12-19(37)15-20(38)13-18)46-29(50)17-49-33-30(32(48-49)36(41,42)43)24-8-9-26(24)35(33,39)40/h3-9,12-13,15-16,24,26,28,51H,14,17H2,1-2H3,(H,44,47)(H,46,50)/t24-,26?,28-/m0/s1. The molecule has 0 radical (unpaired) electrons. The number of carbonyl (C=O) groups excluding carboxylic acids is 1. The van der Waals surface area contributed by atoms with Crippen molar-refractivity contribution in [1.82, 2.24) is 30.3 Å². The molecule has 5 aromatic rings. The molecule has 1 amide bonds. The van der Waals surface area contributed by atoms with E-state index in [-0.39, 0.29) is 23.4 Å². The third-order valence-electron chi connectivity index (χ3n) is 8.75. The smallest absolute Gasteiger partial charge is 0.378 e. The van der Waals surface area contributed by atoms with Crippen LogP contribution in [0.4, 0.5) is 30.7 Å². The van der Waals surface area contributed by atoms with Crippen molar-refractivity contribution in [3.05, 3.63) is 112 Å². The monoisotopic (exact) mass is 708 g/mol. The van der Waals surface area contributed by atoms with E-state index in [2.05, 4.69) is 37.4 Å². The van der Waals surface area contributed by atoms with Crippen LogP contribution in [0.3, 0.4) is 0 Å². The highest BCUT2D eigenvalue weighted by Gasteiger charge is 2.61. The van der Waals surface area contributed by atoms with Crippen LogP contribution in [-0.4, -0.2) is 41.6 Å². The number of nitrogens with one attached hydrogen (secondary N) is 2. The Kier molecular flexibility index (Phi) is 8.05. The summed E-state index contributed by atoms with van der Waals surface area (Å²) in [5.74, 6) is -3.86. The van der Waals surface area contributed by atoms with Crippen molar-refractivity contribution in [3.63, 3.8) is 0 Å². The van der Waals surface area contributed by atoms with E-state index in [9.17, 15) is 31.9 Å². The molecule has 7 rings (SSSR count). The van der Waals surface area contributed by atoms with Crippen molar-refractivity contribution in [2.24, 2.45) is 5.92 Å². The van der Waals surface area contributed by atoms with Crippen molar-refractivity contribution in [3.8, 4) is 23.0 Å². The number of aromatic amines is 1. The van der Waals surface area contributed by atoms with E-state index in [1.165, 1.54) is 19.9 Å². The van der Waals surface area contributed by atoms with Crippen LogP contribution in [0, 0.1) is 29.4 Å². The number of halogens is 7. The highest BCUT2D eigenvalue weighted by atomic mass is 19.4. The molecule has 2 aliphatic rings. The van der Waals surface area contributed by atoms with Crippen LogP contribution >= 0.6 is 0 Å². The fraction of sp³-hybridized carbons (Fsp3) is 0.278. The molecular formula is C36H27F7N6O2. The first-order valence-corrected chi connectivity index (χ1v) is 15.7. The molecule has 15 heteroatoms. The van der Waals surface area contributed by atoms with Gasteiger partial charge in [0.25, 0.3) is 5.92 Å². The lowest BCUT2D eigenvalue weighted by Crippen LogP contribution is -2.36. The molecule has 2 aliphatic carbocycles. The zero-order valence-corrected chi connectivity index (χ0v) is 26.8. The van der Waals surface area contributed by atoms with Gasteiger partial charge >= 0.3 is 6.18 Å². The van der Waals surface area contributed by atoms with E-state index in [0.29, 0.717) is 32.8 Å². The van der Waals surface area contributed by atoms with Crippen LogP contribution in [0.15, 0.2) is 66.9 Å². The van der Waals surface area contributed by atoms with Crippen molar-refractivity contribution < 1.29 is 40.6 Å². The Morgan fingerprint density at radius 2 is 1.82 bits per heavy atom. The summed E-state index contributed by atoms with van der Waals surface area (Å²) < 4.78 is 102. The molecule has 0 saturated heterocycles. The molecule has 0 bridgehead atoms. The lowest BCUT2D eigenvalue weighted by Gasteiger charge is -2.27. The van der Waals surface area contributed by atoms with Gasteiger partial charge in [-0.1, -0.05) is 30.2 Å². The third-order valence-corrected chi connectivity index (χ3v) is 8.75. The zero-order valence-electron chi connectivity index (χ0n) is 26.8. The predicted octanol–water partition coefficient (Wildman–Crippen LogP) is 6.72. The van der Waals surface area contributed by atoms with Gasteiger partial charge in [-0.25, -0.2) is 13.8 Å². The number of allylic oxidation sites excluding steroid dienone is 2. The molecule has 3 heterocycles. The quantitative estimate of drug-likeness (QED) is 0.0990. The number of carbonyl (C=O) groups is 1. The number of aromatic nitrogens is 5. The second-order valence-electron chi connectivity index (χ2n) is 13.0. The number of fused-ring (bicyclic) bond motifs is 4. The van der Waals surface area contributed by atoms with E-state index in [1.807, 2.05) is 0 Å². The summed E-state index contributed by atoms with van der Waals surface area (Å²) >= 11 is 0. The Hall–Kier alpha value is -5.49. The summed E-state index contributed by atoms with van der Waals surface area (Å²) in [6.45, 7) is 1.88. The van der Waals surface area contributed by atoms with Crippen molar-refractivity contribution in [1.29, 1.82) is 0 Å². The van der Waals surface area contributed by atoms with Gasteiger partial charge in [-0.2, -0.15) is 32.1 Å². The molecule has 0 saturated carbocycles. The van der Waals surface area contributed by atoms with Gasteiger partial charge in [0.1, 0.15) is 35.2 Å². The molecule has 51 heavy (non-hydrogen) atoms. The maximum Gasteiger partial charge on any atom is 0.435 e. The van der Waals surface area contributed by atoms with Gasteiger partial charge in [0.05, 0.1) is 29.4 Å². The van der Waals surface area contributed by atoms with E-state index >= 15 is 8.78 Å². The van der Waals surface area contributed by atoms with Gasteiger partial charge in [-0.15, -0.1) is 0 Å². The zero-order chi connectivity index (χ0) is 36.5. The van der Waals surface area contributed by atoms with E-state index in [0.717, 1.165) is 18.2 Å². The minimum absolute atomic E-state index is 0.0774. The second kappa shape index (κ2) is 12.1. The van der Waals surface area contributed by atoms with Crippen LogP contribution in [0.5, 0.6) is 0 Å².